The number of hydrogen-bond donors (Lipinski definition) is 1. The van der Waals surface area contributed by atoms with Gasteiger partial charge in [-0.1, -0.05) is 12.2 Å². The summed E-state index contributed by atoms with van der Waals surface area (Å²) in [7, 11) is 3.05. The molecule has 0 fully saturated rings. The van der Waals surface area contributed by atoms with E-state index in [0.717, 1.165) is 0 Å². The third kappa shape index (κ3) is 2.25. The van der Waals surface area contributed by atoms with Crippen LogP contribution in [0.15, 0.2) is 24.4 Å². The summed E-state index contributed by atoms with van der Waals surface area (Å²) in [4.78, 5) is 8.71. The molecule has 2 aromatic heterocycles. The first kappa shape index (κ1) is 12.3. The molecule has 0 aromatic carbocycles. The lowest BCUT2D eigenvalue weighted by Gasteiger charge is -2.09. The molecule has 0 bridgehead atoms. The summed E-state index contributed by atoms with van der Waals surface area (Å²) in [6.45, 7) is 0. The van der Waals surface area contributed by atoms with Crippen molar-refractivity contribution < 1.29 is 9.47 Å². The van der Waals surface area contributed by atoms with E-state index in [1.165, 1.54) is 14.2 Å². The monoisotopic (exact) mass is 264 g/mol. The topological polar surface area (TPSA) is 75.2 Å². The maximum atomic E-state index is 5.63. The molecule has 2 rings (SSSR count). The van der Waals surface area contributed by atoms with E-state index in [2.05, 4.69) is 9.97 Å². The SMILES string of the molecule is COc1cc(OC)nc(-n2cccc2C(N)=S)n1. The molecule has 0 amide bonds. The third-order valence-corrected chi connectivity index (χ3v) is 2.51. The maximum absolute atomic E-state index is 5.63. The molecule has 2 heterocycles. The lowest BCUT2D eigenvalue weighted by molar-refractivity contribution is 0.370. The van der Waals surface area contributed by atoms with E-state index in [1.54, 1.807) is 22.9 Å². The Bertz CT molecular complexity index is 560. The molecule has 0 atom stereocenters. The number of thiocarbonyl (C=S) groups is 1. The minimum absolute atomic E-state index is 0.269. The minimum atomic E-state index is 0.269. The quantitative estimate of drug-likeness (QED) is 0.828. The largest absolute Gasteiger partial charge is 0.481 e. The van der Waals surface area contributed by atoms with Crippen LogP contribution in [0.3, 0.4) is 0 Å². The van der Waals surface area contributed by atoms with Gasteiger partial charge in [0.1, 0.15) is 4.99 Å². The number of nitrogens with two attached hydrogens (primary N) is 1. The average Bonchev–Trinajstić information content (AvgIpc) is 2.87. The van der Waals surface area contributed by atoms with Gasteiger partial charge in [0.05, 0.1) is 26.0 Å². The van der Waals surface area contributed by atoms with Crippen molar-refractivity contribution in [1.29, 1.82) is 0 Å². The van der Waals surface area contributed by atoms with Crippen LogP contribution in [0.25, 0.3) is 5.95 Å². The van der Waals surface area contributed by atoms with E-state index in [9.17, 15) is 0 Å². The highest BCUT2D eigenvalue weighted by molar-refractivity contribution is 7.80. The van der Waals surface area contributed by atoms with Gasteiger partial charge in [-0.2, -0.15) is 9.97 Å². The second-order valence-electron chi connectivity index (χ2n) is 3.38. The summed E-state index contributed by atoms with van der Waals surface area (Å²) >= 11 is 4.96. The van der Waals surface area contributed by atoms with E-state index in [-0.39, 0.29) is 4.99 Å². The second-order valence-corrected chi connectivity index (χ2v) is 3.82. The number of rotatable bonds is 4. The molecule has 0 unspecified atom stereocenters. The van der Waals surface area contributed by atoms with Crippen molar-refractivity contribution in [1.82, 2.24) is 14.5 Å². The molecular weight excluding hydrogens is 252 g/mol. The van der Waals surface area contributed by atoms with Gasteiger partial charge in [-0.3, -0.25) is 4.57 Å². The van der Waals surface area contributed by atoms with Gasteiger partial charge in [0.25, 0.3) is 0 Å². The van der Waals surface area contributed by atoms with E-state index < -0.39 is 0 Å². The summed E-state index contributed by atoms with van der Waals surface area (Å²) in [5.74, 6) is 1.19. The first-order valence-corrected chi connectivity index (χ1v) is 5.51. The molecular formula is C11H12N4O2S. The van der Waals surface area contributed by atoms with Gasteiger partial charge < -0.3 is 15.2 Å². The smallest absolute Gasteiger partial charge is 0.240 e. The van der Waals surface area contributed by atoms with Crippen LogP contribution in [-0.4, -0.2) is 33.7 Å². The summed E-state index contributed by atoms with van der Waals surface area (Å²) in [6, 6.07) is 5.19. The molecule has 0 aliphatic heterocycles. The number of nitrogens with zero attached hydrogens (tertiary/aromatic N) is 3. The molecule has 18 heavy (non-hydrogen) atoms. The summed E-state index contributed by atoms with van der Waals surface area (Å²) in [5.41, 5.74) is 6.28. The van der Waals surface area contributed by atoms with Gasteiger partial charge in [0, 0.05) is 6.20 Å². The first-order valence-electron chi connectivity index (χ1n) is 5.10. The molecule has 0 aliphatic rings. The molecule has 6 nitrogen and oxygen atoms in total. The molecule has 0 spiro atoms. The van der Waals surface area contributed by atoms with Gasteiger partial charge in [-0.25, -0.2) is 0 Å². The Kier molecular flexibility index (Phi) is 3.42. The van der Waals surface area contributed by atoms with Crippen molar-refractivity contribution in [2.75, 3.05) is 14.2 Å². The Balaban J connectivity index is 2.55. The first-order chi connectivity index (χ1) is 8.65. The van der Waals surface area contributed by atoms with Gasteiger partial charge in [-0.05, 0) is 12.1 Å². The molecule has 0 saturated carbocycles. The van der Waals surface area contributed by atoms with Crippen LogP contribution in [0, 0.1) is 0 Å². The van der Waals surface area contributed by atoms with Gasteiger partial charge in [0.2, 0.25) is 17.7 Å². The standard InChI is InChI=1S/C11H12N4O2S/c1-16-8-6-9(17-2)14-11(13-8)15-5-3-4-7(15)10(12)18/h3-6H,1-2H3,(H2,12,18). The molecule has 0 saturated heterocycles. The molecule has 0 radical (unpaired) electrons. The van der Waals surface area contributed by atoms with Crippen molar-refractivity contribution in [2.24, 2.45) is 5.73 Å². The van der Waals surface area contributed by atoms with Crippen LogP contribution >= 0.6 is 12.2 Å². The predicted molar refractivity (Wildman–Crippen MR) is 70.4 cm³/mol. The summed E-state index contributed by atoms with van der Waals surface area (Å²) in [5, 5.41) is 0. The number of ether oxygens (including phenoxy) is 2. The van der Waals surface area contributed by atoms with Crippen molar-refractivity contribution in [3.8, 4) is 17.7 Å². The van der Waals surface area contributed by atoms with Gasteiger partial charge in [-0.15, -0.1) is 0 Å². The van der Waals surface area contributed by atoms with E-state index in [0.29, 0.717) is 23.4 Å². The number of hydrogen-bond acceptors (Lipinski definition) is 5. The Morgan fingerprint density at radius 1 is 1.28 bits per heavy atom. The Morgan fingerprint density at radius 3 is 2.39 bits per heavy atom. The zero-order chi connectivity index (χ0) is 13.1. The van der Waals surface area contributed by atoms with Crippen molar-refractivity contribution in [3.63, 3.8) is 0 Å². The third-order valence-electron chi connectivity index (χ3n) is 2.30. The molecule has 2 N–H and O–H groups in total. The zero-order valence-electron chi connectivity index (χ0n) is 9.95. The lowest BCUT2D eigenvalue weighted by atomic mass is 10.4. The lowest BCUT2D eigenvalue weighted by Crippen LogP contribution is -2.16. The molecule has 0 aliphatic carbocycles. The van der Waals surface area contributed by atoms with Crippen LogP contribution in [0.4, 0.5) is 0 Å². The van der Waals surface area contributed by atoms with Crippen LogP contribution in [0.5, 0.6) is 11.8 Å². The maximum Gasteiger partial charge on any atom is 0.240 e. The summed E-state index contributed by atoms with van der Waals surface area (Å²) in [6.07, 6.45) is 1.77. The van der Waals surface area contributed by atoms with Crippen LogP contribution in [0.1, 0.15) is 5.69 Å². The van der Waals surface area contributed by atoms with Crippen molar-refractivity contribution >= 4 is 17.2 Å². The van der Waals surface area contributed by atoms with Crippen LogP contribution in [-0.2, 0) is 0 Å². The highest BCUT2D eigenvalue weighted by atomic mass is 32.1. The molecule has 2 aromatic rings. The van der Waals surface area contributed by atoms with E-state index in [1.807, 2.05) is 6.07 Å². The minimum Gasteiger partial charge on any atom is -0.481 e. The predicted octanol–water partition coefficient (Wildman–Crippen LogP) is 0.919. The van der Waals surface area contributed by atoms with Gasteiger partial charge in [0.15, 0.2) is 0 Å². The summed E-state index contributed by atoms with van der Waals surface area (Å²) < 4.78 is 11.8. The van der Waals surface area contributed by atoms with E-state index >= 15 is 0 Å². The van der Waals surface area contributed by atoms with Crippen LogP contribution in [0.2, 0.25) is 0 Å². The fourth-order valence-corrected chi connectivity index (χ4v) is 1.63. The molecule has 7 heteroatoms. The normalized spacial score (nSPS) is 10.1. The van der Waals surface area contributed by atoms with Crippen molar-refractivity contribution in [3.05, 3.63) is 30.1 Å². The fraction of sp³-hybridized carbons (Fsp3) is 0.182. The fourth-order valence-electron chi connectivity index (χ4n) is 1.47. The number of methoxy groups -OCH3 is 2. The second kappa shape index (κ2) is 5.01. The highest BCUT2D eigenvalue weighted by Gasteiger charge is 2.11. The zero-order valence-corrected chi connectivity index (χ0v) is 10.8. The van der Waals surface area contributed by atoms with E-state index in [4.69, 9.17) is 27.4 Å². The number of aromatic nitrogens is 3. The van der Waals surface area contributed by atoms with Gasteiger partial charge >= 0.3 is 0 Å². The molecule has 94 valence electrons. The average molecular weight is 264 g/mol. The Hall–Kier alpha value is -2.15. The Labute approximate surface area is 109 Å². The van der Waals surface area contributed by atoms with Crippen LogP contribution < -0.4 is 15.2 Å². The highest BCUT2D eigenvalue weighted by Crippen LogP contribution is 2.18. The van der Waals surface area contributed by atoms with Crippen molar-refractivity contribution in [2.45, 2.75) is 0 Å². The Morgan fingerprint density at radius 2 is 1.89 bits per heavy atom.